The Morgan fingerprint density at radius 2 is 1.70 bits per heavy atom. The van der Waals surface area contributed by atoms with Crippen molar-refractivity contribution < 1.29 is 41.1 Å². The van der Waals surface area contributed by atoms with E-state index in [4.69, 9.17) is 4.74 Å². The number of amidine groups is 1. The Kier molecular flexibility index (Phi) is 8.45. The van der Waals surface area contributed by atoms with Gasteiger partial charge in [-0.2, -0.15) is 13.2 Å². The number of aliphatic imine (C=N–C) groups is 1. The third kappa shape index (κ3) is 6.74. The molecule has 3 heterocycles. The Morgan fingerprint density at radius 3 is 2.34 bits per heavy atom. The summed E-state index contributed by atoms with van der Waals surface area (Å²) in [6, 6.07) is 9.90. The molecule has 5 rings (SSSR count). The third-order valence-electron chi connectivity index (χ3n) is 7.48. The lowest BCUT2D eigenvalue weighted by Gasteiger charge is -2.28. The quantitative estimate of drug-likeness (QED) is 0.229. The van der Waals surface area contributed by atoms with Gasteiger partial charge in [0.1, 0.15) is 28.6 Å². The molecule has 2 aliphatic rings. The average molecular weight is 659 g/mol. The molecule has 1 aromatic heterocycles. The molecule has 248 valence electrons. The number of aromatic nitrogens is 1. The zero-order valence-corrected chi connectivity index (χ0v) is 26.1. The number of carbonyl (C=O) groups is 3. The van der Waals surface area contributed by atoms with Gasteiger partial charge < -0.3 is 15.0 Å². The highest BCUT2D eigenvalue weighted by Gasteiger charge is 2.53. The minimum Gasteiger partial charge on any atom is -0.443 e. The Labute approximate surface area is 266 Å². The van der Waals surface area contributed by atoms with Crippen LogP contribution in [0.4, 0.5) is 48.7 Å². The third-order valence-corrected chi connectivity index (χ3v) is 7.48. The van der Waals surface area contributed by atoms with Gasteiger partial charge in [0.15, 0.2) is 5.82 Å². The standard InChI is InChI=1S/C32H31F5N6O4/c1-30(2,3)47-29(46)41-13-12-38-26(41)18-7-10-21(11-8-18)40-24-14-20(33)9-6-19(24)17-42-28(45)43(27(44)31(42,4)5)25-15-22(32(35,36)37)23(34)16-39-25/h6-11,14-16,40H,12-13,17H2,1-5H3. The predicted octanol–water partition coefficient (Wildman–Crippen LogP) is 6.87. The molecule has 0 unspecified atom stereocenters. The van der Waals surface area contributed by atoms with Gasteiger partial charge in [-0.15, -0.1) is 0 Å². The topological polar surface area (TPSA) is 107 Å². The van der Waals surface area contributed by atoms with Crippen LogP contribution in [0.3, 0.4) is 0 Å². The molecule has 0 bridgehead atoms. The number of carbonyl (C=O) groups excluding carboxylic acids is 3. The van der Waals surface area contributed by atoms with E-state index in [0.717, 1.165) is 11.0 Å². The monoisotopic (exact) mass is 658 g/mol. The lowest BCUT2D eigenvalue weighted by Crippen LogP contribution is -2.43. The molecule has 1 saturated heterocycles. The fraction of sp³-hybridized carbons (Fsp3) is 0.344. The number of urea groups is 1. The van der Waals surface area contributed by atoms with E-state index in [2.05, 4.69) is 15.3 Å². The van der Waals surface area contributed by atoms with Crippen LogP contribution in [0.1, 0.15) is 51.3 Å². The molecule has 3 aromatic rings. The number of nitrogens with one attached hydrogen (secondary N) is 1. The van der Waals surface area contributed by atoms with Gasteiger partial charge in [0.05, 0.1) is 31.4 Å². The Balaban J connectivity index is 1.38. The molecular formula is C32H31F5N6O4. The minimum atomic E-state index is -5.09. The molecule has 0 saturated carbocycles. The molecular weight excluding hydrogens is 627 g/mol. The fourth-order valence-corrected chi connectivity index (χ4v) is 5.09. The van der Waals surface area contributed by atoms with Crippen LogP contribution >= 0.6 is 0 Å². The number of benzene rings is 2. The predicted molar refractivity (Wildman–Crippen MR) is 162 cm³/mol. The summed E-state index contributed by atoms with van der Waals surface area (Å²) in [6.45, 7) is 8.64. The highest BCUT2D eigenvalue weighted by molar-refractivity contribution is 6.22. The first-order valence-corrected chi connectivity index (χ1v) is 14.5. The number of pyridine rings is 1. The Hall–Kier alpha value is -5.08. The van der Waals surface area contributed by atoms with E-state index >= 15 is 0 Å². The van der Waals surface area contributed by atoms with Crippen LogP contribution in [0.5, 0.6) is 0 Å². The number of halogens is 5. The molecule has 2 aliphatic heterocycles. The molecule has 0 atom stereocenters. The Morgan fingerprint density at radius 1 is 1.02 bits per heavy atom. The van der Waals surface area contributed by atoms with Crippen molar-refractivity contribution in [1.82, 2.24) is 14.8 Å². The van der Waals surface area contributed by atoms with Crippen molar-refractivity contribution in [3.8, 4) is 0 Å². The van der Waals surface area contributed by atoms with Crippen molar-refractivity contribution in [3.05, 3.63) is 83.1 Å². The molecule has 1 fully saturated rings. The van der Waals surface area contributed by atoms with Crippen LogP contribution in [0.2, 0.25) is 0 Å². The summed E-state index contributed by atoms with van der Waals surface area (Å²) in [5.74, 6) is -3.36. The van der Waals surface area contributed by atoms with Gasteiger partial charge >= 0.3 is 18.3 Å². The number of hydrogen-bond donors (Lipinski definition) is 1. The SMILES string of the molecule is CC(C)(C)OC(=O)N1CCN=C1c1ccc(Nc2cc(F)ccc2CN2C(=O)N(c3cc(C(F)(F)F)c(F)cn3)C(=O)C2(C)C)cc1. The summed E-state index contributed by atoms with van der Waals surface area (Å²) in [5, 5.41) is 3.10. The average Bonchev–Trinajstić information content (AvgIpc) is 3.52. The molecule has 4 amide bonds. The highest BCUT2D eigenvalue weighted by atomic mass is 19.4. The summed E-state index contributed by atoms with van der Waals surface area (Å²) in [6.07, 6.45) is -5.30. The van der Waals surface area contributed by atoms with Gasteiger partial charge in [0.2, 0.25) is 0 Å². The second kappa shape index (κ2) is 11.9. The van der Waals surface area contributed by atoms with E-state index in [1.165, 1.54) is 30.9 Å². The largest absolute Gasteiger partial charge is 0.443 e. The van der Waals surface area contributed by atoms with Crippen LogP contribution < -0.4 is 10.2 Å². The summed E-state index contributed by atoms with van der Waals surface area (Å²) in [4.78, 5) is 50.5. The van der Waals surface area contributed by atoms with E-state index < -0.39 is 58.4 Å². The van der Waals surface area contributed by atoms with E-state index in [0.29, 0.717) is 52.9 Å². The number of ether oxygens (including phenoxy) is 1. The number of rotatable bonds is 6. The molecule has 10 nitrogen and oxygen atoms in total. The number of imide groups is 1. The molecule has 2 aromatic carbocycles. The van der Waals surface area contributed by atoms with Gasteiger partial charge in [-0.3, -0.25) is 14.7 Å². The van der Waals surface area contributed by atoms with Crippen molar-refractivity contribution in [2.24, 2.45) is 4.99 Å². The zero-order chi connectivity index (χ0) is 34.5. The van der Waals surface area contributed by atoms with Gasteiger partial charge in [-0.25, -0.2) is 28.3 Å². The smallest absolute Gasteiger partial charge is 0.419 e. The van der Waals surface area contributed by atoms with Crippen LogP contribution in [0.15, 0.2) is 59.7 Å². The van der Waals surface area contributed by atoms with Crippen LogP contribution in [0, 0.1) is 11.6 Å². The second-order valence-corrected chi connectivity index (χ2v) is 12.4. The molecule has 1 N–H and O–H groups in total. The van der Waals surface area contributed by atoms with E-state index in [-0.39, 0.29) is 12.2 Å². The fourth-order valence-electron chi connectivity index (χ4n) is 5.09. The second-order valence-electron chi connectivity index (χ2n) is 12.4. The lowest BCUT2D eigenvalue weighted by atomic mass is 10.0. The molecule has 47 heavy (non-hydrogen) atoms. The van der Waals surface area contributed by atoms with Crippen molar-refractivity contribution in [2.75, 3.05) is 23.3 Å². The first-order valence-electron chi connectivity index (χ1n) is 14.5. The number of amides is 4. The summed E-state index contributed by atoms with van der Waals surface area (Å²) >= 11 is 0. The van der Waals surface area contributed by atoms with Crippen molar-refractivity contribution in [1.29, 1.82) is 0 Å². The normalized spacial score (nSPS) is 16.6. The van der Waals surface area contributed by atoms with Gasteiger partial charge in [-0.1, -0.05) is 6.07 Å². The molecule has 15 heteroatoms. The molecule has 0 radical (unpaired) electrons. The molecule has 0 spiro atoms. The summed E-state index contributed by atoms with van der Waals surface area (Å²) in [5.41, 5.74) is -2.12. The van der Waals surface area contributed by atoms with E-state index in [1.54, 1.807) is 45.0 Å². The van der Waals surface area contributed by atoms with Crippen LogP contribution in [-0.2, 0) is 22.3 Å². The van der Waals surface area contributed by atoms with Crippen molar-refractivity contribution >= 4 is 41.1 Å². The van der Waals surface area contributed by atoms with Crippen LogP contribution in [-0.4, -0.2) is 62.9 Å². The number of hydrogen-bond acceptors (Lipinski definition) is 7. The van der Waals surface area contributed by atoms with Crippen molar-refractivity contribution in [2.45, 2.75) is 58.5 Å². The van der Waals surface area contributed by atoms with E-state index in [9.17, 15) is 36.3 Å². The van der Waals surface area contributed by atoms with E-state index in [1.807, 2.05) is 0 Å². The zero-order valence-electron chi connectivity index (χ0n) is 26.1. The first kappa shape index (κ1) is 33.3. The number of alkyl halides is 3. The maximum atomic E-state index is 14.4. The van der Waals surface area contributed by atoms with Gasteiger partial charge in [-0.05, 0) is 82.6 Å². The summed E-state index contributed by atoms with van der Waals surface area (Å²) < 4.78 is 73.9. The van der Waals surface area contributed by atoms with Gasteiger partial charge in [0.25, 0.3) is 5.91 Å². The number of anilines is 3. The Bertz CT molecular complexity index is 1770. The molecule has 0 aliphatic carbocycles. The van der Waals surface area contributed by atoms with Gasteiger partial charge in [0, 0.05) is 16.9 Å². The maximum absolute atomic E-state index is 14.4. The van der Waals surface area contributed by atoms with Crippen molar-refractivity contribution in [3.63, 3.8) is 0 Å². The highest BCUT2D eigenvalue weighted by Crippen LogP contribution is 2.37. The maximum Gasteiger partial charge on any atom is 0.419 e. The minimum absolute atomic E-state index is 0.246. The van der Waals surface area contributed by atoms with Crippen LogP contribution in [0.25, 0.3) is 0 Å². The number of nitrogens with zero attached hydrogens (tertiary/aromatic N) is 5. The summed E-state index contributed by atoms with van der Waals surface area (Å²) in [7, 11) is 0. The lowest BCUT2D eigenvalue weighted by molar-refractivity contribution is -0.140. The first-order chi connectivity index (χ1) is 21.9.